The number of methoxy groups -OCH3 is 2. The predicted octanol–water partition coefficient (Wildman–Crippen LogP) is 1.92. The van der Waals surface area contributed by atoms with Gasteiger partial charge < -0.3 is 19.8 Å². The number of carbonyl (C=O) groups is 1. The molecule has 0 saturated carbocycles. The molecule has 0 aliphatic carbocycles. The van der Waals surface area contributed by atoms with Gasteiger partial charge >= 0.3 is 5.69 Å². The van der Waals surface area contributed by atoms with E-state index in [1.807, 2.05) is 0 Å². The van der Waals surface area contributed by atoms with Crippen molar-refractivity contribution in [2.45, 2.75) is 6.54 Å². The Morgan fingerprint density at radius 1 is 1.19 bits per heavy atom. The minimum Gasteiger partial charge on any atom is -0.496 e. The molecule has 3 rings (SSSR count). The van der Waals surface area contributed by atoms with E-state index in [9.17, 15) is 14.0 Å². The van der Waals surface area contributed by atoms with Crippen LogP contribution in [-0.4, -0.2) is 36.2 Å². The zero-order valence-corrected chi connectivity index (χ0v) is 14.3. The maximum atomic E-state index is 13.3. The molecule has 2 aromatic carbocycles. The van der Waals surface area contributed by atoms with Crippen LogP contribution in [0.15, 0.2) is 41.2 Å². The van der Waals surface area contributed by atoms with Crippen molar-refractivity contribution in [1.82, 2.24) is 14.9 Å². The molecule has 0 radical (unpaired) electrons. The van der Waals surface area contributed by atoms with Crippen LogP contribution in [-0.2, 0) is 6.54 Å². The highest BCUT2D eigenvalue weighted by Crippen LogP contribution is 2.27. The molecule has 0 aliphatic heterocycles. The zero-order valence-electron chi connectivity index (χ0n) is 14.3. The average Bonchev–Trinajstić information content (AvgIpc) is 2.95. The Kier molecular flexibility index (Phi) is 4.92. The topological polar surface area (TPSA) is 85.3 Å². The minimum atomic E-state index is -0.428. The van der Waals surface area contributed by atoms with Crippen molar-refractivity contribution in [3.8, 4) is 11.5 Å². The van der Waals surface area contributed by atoms with Gasteiger partial charge in [-0.1, -0.05) is 6.07 Å². The molecule has 7 nitrogen and oxygen atoms in total. The van der Waals surface area contributed by atoms with Crippen LogP contribution < -0.4 is 20.5 Å². The second-order valence-corrected chi connectivity index (χ2v) is 5.54. The van der Waals surface area contributed by atoms with Crippen LogP contribution in [0.25, 0.3) is 11.0 Å². The Balaban J connectivity index is 1.76. The van der Waals surface area contributed by atoms with E-state index in [-0.39, 0.29) is 30.2 Å². The molecule has 0 saturated heterocycles. The third-order valence-corrected chi connectivity index (χ3v) is 4.01. The highest BCUT2D eigenvalue weighted by molar-refractivity contribution is 5.99. The Labute approximate surface area is 148 Å². The first-order valence-corrected chi connectivity index (χ1v) is 7.92. The molecule has 0 fully saturated rings. The molecule has 0 atom stereocenters. The van der Waals surface area contributed by atoms with E-state index in [2.05, 4.69) is 10.3 Å². The Morgan fingerprint density at radius 2 is 1.88 bits per heavy atom. The van der Waals surface area contributed by atoms with Gasteiger partial charge in [-0.15, -0.1) is 0 Å². The number of imidazole rings is 1. The SMILES string of the molecule is COc1cccc(OC)c1C(=O)NCCn1c(=O)[nH]c2cc(F)ccc21. The first kappa shape index (κ1) is 17.5. The van der Waals surface area contributed by atoms with Gasteiger partial charge in [-0.05, 0) is 30.3 Å². The number of aromatic amines is 1. The lowest BCUT2D eigenvalue weighted by Gasteiger charge is -2.13. The highest BCUT2D eigenvalue weighted by atomic mass is 19.1. The Morgan fingerprint density at radius 3 is 2.54 bits per heavy atom. The van der Waals surface area contributed by atoms with Gasteiger partial charge in [-0.3, -0.25) is 9.36 Å². The summed E-state index contributed by atoms with van der Waals surface area (Å²) in [5.74, 6) is -0.0242. The number of benzene rings is 2. The van der Waals surface area contributed by atoms with Gasteiger partial charge in [0.15, 0.2) is 0 Å². The molecule has 3 aromatic rings. The molecule has 0 unspecified atom stereocenters. The van der Waals surface area contributed by atoms with Gasteiger partial charge in [0.05, 0.1) is 25.3 Å². The summed E-state index contributed by atoms with van der Waals surface area (Å²) in [6, 6.07) is 9.11. The van der Waals surface area contributed by atoms with Crippen molar-refractivity contribution in [2.75, 3.05) is 20.8 Å². The maximum absolute atomic E-state index is 13.3. The molecular weight excluding hydrogens is 341 g/mol. The number of halogens is 1. The summed E-state index contributed by atoms with van der Waals surface area (Å²) in [7, 11) is 2.94. The molecule has 0 aliphatic rings. The van der Waals surface area contributed by atoms with Gasteiger partial charge in [0.25, 0.3) is 5.91 Å². The number of amides is 1. The van der Waals surface area contributed by atoms with Gasteiger partial charge in [0.1, 0.15) is 22.9 Å². The van der Waals surface area contributed by atoms with Crippen LogP contribution in [0.1, 0.15) is 10.4 Å². The largest absolute Gasteiger partial charge is 0.496 e. The van der Waals surface area contributed by atoms with E-state index in [1.54, 1.807) is 18.2 Å². The number of ether oxygens (including phenoxy) is 2. The van der Waals surface area contributed by atoms with Crippen molar-refractivity contribution in [3.63, 3.8) is 0 Å². The fourth-order valence-electron chi connectivity index (χ4n) is 2.80. The molecule has 8 heteroatoms. The number of hydrogen-bond donors (Lipinski definition) is 2. The monoisotopic (exact) mass is 359 g/mol. The maximum Gasteiger partial charge on any atom is 0.326 e. The predicted molar refractivity (Wildman–Crippen MR) is 94.4 cm³/mol. The van der Waals surface area contributed by atoms with E-state index in [0.717, 1.165) is 0 Å². The molecular formula is C18H18FN3O4. The lowest BCUT2D eigenvalue weighted by molar-refractivity contribution is 0.0946. The summed E-state index contributed by atoms with van der Waals surface area (Å²) in [5.41, 5.74) is 0.897. The molecule has 1 heterocycles. The van der Waals surface area contributed by atoms with Gasteiger partial charge in [0.2, 0.25) is 0 Å². The van der Waals surface area contributed by atoms with E-state index in [4.69, 9.17) is 9.47 Å². The number of nitrogens with one attached hydrogen (secondary N) is 2. The summed E-state index contributed by atoms with van der Waals surface area (Å²) in [5, 5.41) is 2.74. The van der Waals surface area contributed by atoms with Gasteiger partial charge in [0, 0.05) is 13.1 Å². The quantitative estimate of drug-likeness (QED) is 0.704. The molecule has 0 spiro atoms. The average molecular weight is 359 g/mol. The van der Waals surface area contributed by atoms with E-state index >= 15 is 0 Å². The summed E-state index contributed by atoms with van der Waals surface area (Å²) in [6.07, 6.45) is 0. The van der Waals surface area contributed by atoms with E-state index in [0.29, 0.717) is 22.5 Å². The van der Waals surface area contributed by atoms with Crippen LogP contribution in [0.2, 0.25) is 0 Å². The van der Waals surface area contributed by atoms with Crippen molar-refractivity contribution in [2.24, 2.45) is 0 Å². The Hall–Kier alpha value is -3.29. The molecule has 1 aromatic heterocycles. The fourth-order valence-corrected chi connectivity index (χ4v) is 2.80. The van der Waals surface area contributed by atoms with Crippen molar-refractivity contribution in [3.05, 3.63) is 58.3 Å². The molecule has 2 N–H and O–H groups in total. The van der Waals surface area contributed by atoms with Crippen LogP contribution >= 0.6 is 0 Å². The number of hydrogen-bond acceptors (Lipinski definition) is 4. The lowest BCUT2D eigenvalue weighted by Crippen LogP contribution is -2.30. The first-order valence-electron chi connectivity index (χ1n) is 7.92. The van der Waals surface area contributed by atoms with Crippen molar-refractivity contribution in [1.29, 1.82) is 0 Å². The third kappa shape index (κ3) is 3.26. The second-order valence-electron chi connectivity index (χ2n) is 5.54. The highest BCUT2D eigenvalue weighted by Gasteiger charge is 2.18. The summed E-state index contributed by atoms with van der Waals surface area (Å²) in [4.78, 5) is 27.1. The fraction of sp³-hybridized carbons (Fsp3) is 0.222. The van der Waals surface area contributed by atoms with Crippen LogP contribution in [0.3, 0.4) is 0 Å². The third-order valence-electron chi connectivity index (χ3n) is 4.01. The van der Waals surface area contributed by atoms with Crippen LogP contribution in [0.5, 0.6) is 11.5 Å². The zero-order chi connectivity index (χ0) is 18.7. The number of nitrogens with zero attached hydrogens (tertiary/aromatic N) is 1. The molecule has 0 bridgehead atoms. The first-order chi connectivity index (χ1) is 12.5. The van der Waals surface area contributed by atoms with Gasteiger partial charge in [-0.25, -0.2) is 9.18 Å². The molecule has 1 amide bonds. The molecule has 26 heavy (non-hydrogen) atoms. The van der Waals surface area contributed by atoms with Gasteiger partial charge in [-0.2, -0.15) is 0 Å². The number of fused-ring (bicyclic) bond motifs is 1. The second kappa shape index (κ2) is 7.30. The summed E-state index contributed by atoms with van der Waals surface area (Å²) in [6.45, 7) is 0.429. The number of rotatable bonds is 6. The normalized spacial score (nSPS) is 10.7. The minimum absolute atomic E-state index is 0.199. The van der Waals surface area contributed by atoms with Crippen LogP contribution in [0.4, 0.5) is 4.39 Å². The number of H-pyrrole nitrogens is 1. The summed E-state index contributed by atoms with van der Waals surface area (Å²) < 4.78 is 25.1. The number of aromatic nitrogens is 2. The molecule has 136 valence electrons. The Bertz CT molecular complexity index is 987. The van der Waals surface area contributed by atoms with E-state index in [1.165, 1.54) is 37.0 Å². The van der Waals surface area contributed by atoms with E-state index < -0.39 is 5.82 Å². The smallest absolute Gasteiger partial charge is 0.326 e. The van der Waals surface area contributed by atoms with Crippen molar-refractivity contribution < 1.29 is 18.7 Å². The number of carbonyl (C=O) groups excluding carboxylic acids is 1. The van der Waals surface area contributed by atoms with Crippen molar-refractivity contribution >= 4 is 16.9 Å². The van der Waals surface area contributed by atoms with Crippen LogP contribution in [0, 0.1) is 5.82 Å². The summed E-state index contributed by atoms with van der Waals surface area (Å²) >= 11 is 0. The standard InChI is InChI=1S/C18H18FN3O4/c1-25-14-4-3-5-15(26-2)16(14)17(23)20-8-9-22-13-7-6-11(19)10-12(13)21-18(22)24/h3-7,10H,8-9H2,1-2H3,(H,20,23)(H,21,24). The lowest BCUT2D eigenvalue weighted by atomic mass is 10.1.